The second kappa shape index (κ2) is 6.76. The number of para-hydroxylation sites is 1. The summed E-state index contributed by atoms with van der Waals surface area (Å²) in [5, 5.41) is 0. The van der Waals surface area contributed by atoms with Crippen LogP contribution >= 0.6 is 0 Å². The number of alkyl halides is 3. The Morgan fingerprint density at radius 3 is 2.36 bits per heavy atom. The van der Waals surface area contributed by atoms with Crippen LogP contribution in [0.15, 0.2) is 60.2 Å². The summed E-state index contributed by atoms with van der Waals surface area (Å²) in [5.41, 5.74) is 0.421. The number of ketones is 1. The lowest BCUT2D eigenvalue weighted by Crippen LogP contribution is -2.57. The van der Waals surface area contributed by atoms with Gasteiger partial charge in [-0.3, -0.25) is 4.79 Å². The molecule has 4 rings (SSSR count). The van der Waals surface area contributed by atoms with E-state index >= 15 is 0 Å². The minimum absolute atomic E-state index is 0.169. The normalized spacial score (nSPS) is 25.0. The number of Topliss-reactive ketones (excluding diaryl/α,β-unsaturated/α-hetero) is 1. The molecule has 1 fully saturated rings. The average molecular weight is 390 g/mol. The van der Waals surface area contributed by atoms with Gasteiger partial charge >= 0.3 is 12.0 Å². The molecule has 28 heavy (non-hydrogen) atoms. The number of fused-ring (bicyclic) bond motifs is 1. The van der Waals surface area contributed by atoms with E-state index < -0.39 is 29.4 Å². The smallest absolute Gasteiger partial charge is 0.416 e. The molecule has 0 amide bonds. The van der Waals surface area contributed by atoms with E-state index in [0.717, 1.165) is 12.1 Å². The minimum atomic E-state index is -4.44. The molecule has 0 aromatic heterocycles. The first-order valence-corrected chi connectivity index (χ1v) is 8.76. The molecule has 0 saturated carbocycles. The van der Waals surface area contributed by atoms with Crippen molar-refractivity contribution in [1.82, 2.24) is 0 Å². The van der Waals surface area contributed by atoms with Crippen molar-refractivity contribution in [3.63, 3.8) is 0 Å². The maximum absolute atomic E-state index is 13.3. The summed E-state index contributed by atoms with van der Waals surface area (Å²) in [6, 6.07) is 13.2. The Morgan fingerprint density at radius 2 is 1.71 bits per heavy atom. The fraction of sp³-hybridized carbons (Fsp3) is 0.286. The van der Waals surface area contributed by atoms with Gasteiger partial charge in [0.05, 0.1) is 18.8 Å². The van der Waals surface area contributed by atoms with Gasteiger partial charge in [-0.1, -0.05) is 30.3 Å². The maximum atomic E-state index is 13.3. The van der Waals surface area contributed by atoms with Crippen molar-refractivity contribution in [2.45, 2.75) is 25.0 Å². The summed E-state index contributed by atoms with van der Waals surface area (Å²) in [7, 11) is 0. The van der Waals surface area contributed by atoms with E-state index in [9.17, 15) is 18.0 Å². The predicted octanol–water partition coefficient (Wildman–Crippen LogP) is 4.25. The highest BCUT2D eigenvalue weighted by atomic mass is 19.4. The highest BCUT2D eigenvalue weighted by Crippen LogP contribution is 2.44. The summed E-state index contributed by atoms with van der Waals surface area (Å²) in [5.74, 6) is -1.70. The molecule has 0 bridgehead atoms. The molecule has 0 spiro atoms. The molecule has 1 heterocycles. The van der Waals surface area contributed by atoms with Crippen molar-refractivity contribution < 1.29 is 32.2 Å². The maximum Gasteiger partial charge on any atom is 0.416 e. The molecule has 7 heteroatoms. The van der Waals surface area contributed by atoms with Crippen LogP contribution < -0.4 is 4.74 Å². The third kappa shape index (κ3) is 3.00. The monoisotopic (exact) mass is 390 g/mol. The first-order valence-electron chi connectivity index (χ1n) is 8.76. The van der Waals surface area contributed by atoms with E-state index in [1.54, 1.807) is 31.2 Å². The Labute approximate surface area is 159 Å². The van der Waals surface area contributed by atoms with Crippen LogP contribution in [0, 0.1) is 0 Å². The first-order chi connectivity index (χ1) is 13.3. The summed E-state index contributed by atoms with van der Waals surface area (Å²) < 4.78 is 56.1. The van der Waals surface area contributed by atoms with Gasteiger partial charge in [0.25, 0.3) is 0 Å². The van der Waals surface area contributed by atoms with Gasteiger partial charge in [-0.2, -0.15) is 13.2 Å². The van der Waals surface area contributed by atoms with E-state index in [0.29, 0.717) is 16.9 Å². The van der Waals surface area contributed by atoms with E-state index in [-0.39, 0.29) is 18.8 Å². The van der Waals surface area contributed by atoms with E-state index in [1.165, 1.54) is 12.1 Å². The molecule has 0 radical (unpaired) electrons. The van der Waals surface area contributed by atoms with Crippen LogP contribution in [-0.2, 0) is 20.4 Å². The van der Waals surface area contributed by atoms with Gasteiger partial charge in [-0.05, 0) is 42.3 Å². The number of hydrogen-bond acceptors (Lipinski definition) is 4. The first kappa shape index (κ1) is 18.7. The zero-order valence-electron chi connectivity index (χ0n) is 15.0. The van der Waals surface area contributed by atoms with Crippen molar-refractivity contribution in [3.05, 3.63) is 71.3 Å². The van der Waals surface area contributed by atoms with Crippen LogP contribution in [0.1, 0.15) is 18.1 Å². The van der Waals surface area contributed by atoms with Crippen LogP contribution in [0.2, 0.25) is 0 Å². The number of carbonyl (C=O) groups is 1. The molecule has 0 N–H and O–H groups in total. The zero-order valence-corrected chi connectivity index (χ0v) is 15.0. The number of carbonyl (C=O) groups excluding carboxylic acids is 1. The van der Waals surface area contributed by atoms with Crippen molar-refractivity contribution in [3.8, 4) is 5.75 Å². The third-order valence-electron chi connectivity index (χ3n) is 4.87. The summed E-state index contributed by atoms with van der Waals surface area (Å²) >= 11 is 0. The van der Waals surface area contributed by atoms with Gasteiger partial charge in [-0.25, -0.2) is 0 Å². The second-order valence-electron chi connectivity index (χ2n) is 6.64. The number of rotatable bonds is 3. The Hall–Kier alpha value is -2.64. The van der Waals surface area contributed by atoms with Gasteiger partial charge in [0, 0.05) is 5.57 Å². The Kier molecular flexibility index (Phi) is 4.51. The molecule has 2 atom stereocenters. The molecule has 0 unspecified atom stereocenters. The molecule has 146 valence electrons. The highest BCUT2D eigenvalue weighted by molar-refractivity contribution is 6.28. The zero-order chi connectivity index (χ0) is 19.9. The summed E-state index contributed by atoms with van der Waals surface area (Å²) in [6.45, 7) is 2.17. The Morgan fingerprint density at radius 1 is 1.04 bits per heavy atom. The van der Waals surface area contributed by atoms with Gasteiger partial charge in [0.2, 0.25) is 5.78 Å². The lowest BCUT2D eigenvalue weighted by atomic mass is 9.99. The quantitative estimate of drug-likeness (QED) is 0.786. The molecule has 1 aliphatic carbocycles. The minimum Gasteiger partial charge on any atom is -0.452 e. The van der Waals surface area contributed by atoms with Crippen molar-refractivity contribution in [2.75, 3.05) is 13.2 Å². The number of hydrogen-bond donors (Lipinski definition) is 0. The Balaban J connectivity index is 1.73. The number of ether oxygens (including phenoxy) is 3. The van der Waals surface area contributed by atoms with E-state index in [1.807, 2.05) is 6.07 Å². The van der Waals surface area contributed by atoms with Gasteiger partial charge < -0.3 is 14.2 Å². The molecule has 2 aromatic rings. The van der Waals surface area contributed by atoms with Crippen molar-refractivity contribution in [2.24, 2.45) is 0 Å². The molecular formula is C21H17F3O4. The second-order valence-corrected chi connectivity index (χ2v) is 6.64. The van der Waals surface area contributed by atoms with Crippen molar-refractivity contribution in [1.29, 1.82) is 0 Å². The van der Waals surface area contributed by atoms with Crippen LogP contribution in [0.25, 0.3) is 5.57 Å². The van der Waals surface area contributed by atoms with Crippen LogP contribution in [0.3, 0.4) is 0 Å². The molecule has 2 aliphatic rings. The van der Waals surface area contributed by atoms with E-state index in [2.05, 4.69) is 0 Å². The fourth-order valence-corrected chi connectivity index (χ4v) is 3.60. The standard InChI is InChI=1S/C21H17F3O4/c1-13-17(14-7-9-15(10-8-14)21(22,23)24)18(25)20(19(13)26-11-12-27-20)28-16-5-3-2-4-6-16/h2-10,19H,11-12H2,1H3/t19-,20-/m1/s1. The number of halogens is 3. The summed E-state index contributed by atoms with van der Waals surface area (Å²) in [4.78, 5) is 13.3. The van der Waals surface area contributed by atoms with Crippen LogP contribution in [0.5, 0.6) is 5.75 Å². The fourth-order valence-electron chi connectivity index (χ4n) is 3.60. The molecular weight excluding hydrogens is 373 g/mol. The lowest BCUT2D eigenvalue weighted by molar-refractivity contribution is -0.257. The number of benzene rings is 2. The van der Waals surface area contributed by atoms with Gasteiger partial charge in [-0.15, -0.1) is 0 Å². The van der Waals surface area contributed by atoms with Gasteiger partial charge in [0.15, 0.2) is 6.10 Å². The molecule has 2 aromatic carbocycles. The topological polar surface area (TPSA) is 44.8 Å². The average Bonchev–Trinajstić information content (AvgIpc) is 2.89. The molecule has 1 aliphatic heterocycles. The lowest BCUT2D eigenvalue weighted by Gasteiger charge is -2.38. The van der Waals surface area contributed by atoms with Crippen molar-refractivity contribution >= 4 is 11.4 Å². The largest absolute Gasteiger partial charge is 0.452 e. The van der Waals surface area contributed by atoms with Gasteiger partial charge in [0.1, 0.15) is 5.75 Å². The van der Waals surface area contributed by atoms with E-state index in [4.69, 9.17) is 14.2 Å². The SMILES string of the molecule is CC1=C(c2ccc(C(F)(F)F)cc2)C(=O)[C@]2(Oc3ccccc3)OCCO[C@H]12. The predicted molar refractivity (Wildman–Crippen MR) is 94.5 cm³/mol. The highest BCUT2D eigenvalue weighted by Gasteiger charge is 2.60. The molecule has 4 nitrogen and oxygen atoms in total. The molecule has 1 saturated heterocycles. The van der Waals surface area contributed by atoms with Crippen LogP contribution in [0.4, 0.5) is 13.2 Å². The van der Waals surface area contributed by atoms with Crippen LogP contribution in [-0.4, -0.2) is 30.9 Å². The Bertz CT molecular complexity index is 919. The third-order valence-corrected chi connectivity index (χ3v) is 4.87. The summed E-state index contributed by atoms with van der Waals surface area (Å²) in [6.07, 6.45) is -5.22.